The molecule has 1 saturated carbocycles. The third-order valence-corrected chi connectivity index (χ3v) is 9.01. The van der Waals surface area contributed by atoms with Crippen molar-refractivity contribution in [3.05, 3.63) is 72.3 Å². The number of carboxylic acid groups (broad SMARTS) is 2. The molecule has 47 heavy (non-hydrogen) atoms. The normalized spacial score (nSPS) is 14.0. The lowest BCUT2D eigenvalue weighted by Gasteiger charge is -2.21. The van der Waals surface area contributed by atoms with E-state index in [4.69, 9.17) is 29.7 Å². The summed E-state index contributed by atoms with van der Waals surface area (Å²) < 4.78 is 12.3. The van der Waals surface area contributed by atoms with E-state index in [-0.39, 0.29) is 11.8 Å². The number of aliphatic carboxylic acids is 2. The summed E-state index contributed by atoms with van der Waals surface area (Å²) in [7, 11) is 0. The fraction of sp³-hybridized carbons (Fsp3) is 0.436. The number of carbonyl (C=O) groups is 2. The first-order valence-corrected chi connectivity index (χ1v) is 16.8. The summed E-state index contributed by atoms with van der Waals surface area (Å²) in [4.78, 5) is 32.0. The van der Waals surface area contributed by atoms with Gasteiger partial charge in [-0.2, -0.15) is 4.98 Å². The minimum Gasteiger partial charge on any atom is -0.494 e. The zero-order valence-electron chi connectivity index (χ0n) is 27.7. The SMILES string of the molecule is CC(C)(C)c1ccc(-c2cc(OCC3CCCCC3)nc(-c3ccc4cc(OCCCCCC(C(=O)O)C(=O)O)ccc4c3)n2)cc1. The molecule has 8 nitrogen and oxygen atoms in total. The van der Waals surface area contributed by atoms with Crippen LogP contribution in [0, 0.1) is 11.8 Å². The van der Waals surface area contributed by atoms with Crippen molar-refractivity contribution in [3.63, 3.8) is 0 Å². The van der Waals surface area contributed by atoms with E-state index in [9.17, 15) is 9.59 Å². The predicted molar refractivity (Wildman–Crippen MR) is 184 cm³/mol. The van der Waals surface area contributed by atoms with Crippen LogP contribution in [0.15, 0.2) is 66.7 Å². The molecule has 0 atom stereocenters. The number of benzene rings is 3. The first kappa shape index (κ1) is 33.9. The van der Waals surface area contributed by atoms with Gasteiger partial charge in [0.05, 0.1) is 18.9 Å². The van der Waals surface area contributed by atoms with E-state index in [1.165, 1.54) is 37.7 Å². The van der Waals surface area contributed by atoms with Crippen molar-refractivity contribution in [3.8, 4) is 34.3 Å². The average molecular weight is 639 g/mol. The van der Waals surface area contributed by atoms with Gasteiger partial charge in [-0.3, -0.25) is 9.59 Å². The van der Waals surface area contributed by atoms with Crippen LogP contribution in [0.1, 0.15) is 84.1 Å². The van der Waals surface area contributed by atoms with E-state index < -0.39 is 17.9 Å². The van der Waals surface area contributed by atoms with Crippen LogP contribution in [-0.4, -0.2) is 45.3 Å². The zero-order valence-corrected chi connectivity index (χ0v) is 27.7. The smallest absolute Gasteiger partial charge is 0.317 e. The molecule has 0 spiro atoms. The zero-order chi connectivity index (χ0) is 33.4. The largest absolute Gasteiger partial charge is 0.494 e. The Balaban J connectivity index is 1.29. The van der Waals surface area contributed by atoms with Gasteiger partial charge in [0.2, 0.25) is 5.88 Å². The van der Waals surface area contributed by atoms with Gasteiger partial charge in [0.15, 0.2) is 11.7 Å². The van der Waals surface area contributed by atoms with Crippen LogP contribution >= 0.6 is 0 Å². The summed E-state index contributed by atoms with van der Waals surface area (Å²) in [5, 5.41) is 20.1. The highest BCUT2D eigenvalue weighted by molar-refractivity contribution is 5.92. The lowest BCUT2D eigenvalue weighted by molar-refractivity contribution is -0.154. The summed E-state index contributed by atoms with van der Waals surface area (Å²) in [6.07, 6.45) is 8.29. The van der Waals surface area contributed by atoms with Gasteiger partial charge in [-0.05, 0) is 71.6 Å². The Morgan fingerprint density at radius 2 is 1.47 bits per heavy atom. The molecule has 0 saturated heterocycles. The summed E-state index contributed by atoms with van der Waals surface area (Å²) in [5.41, 5.74) is 4.10. The molecular formula is C39H46N2O6. The minimum absolute atomic E-state index is 0.0659. The Morgan fingerprint density at radius 3 is 2.17 bits per heavy atom. The number of rotatable bonds is 14. The van der Waals surface area contributed by atoms with E-state index in [0.29, 0.717) is 50.1 Å². The van der Waals surface area contributed by atoms with E-state index >= 15 is 0 Å². The van der Waals surface area contributed by atoms with Crippen molar-refractivity contribution in [1.29, 1.82) is 0 Å². The average Bonchev–Trinajstić information content (AvgIpc) is 3.06. The summed E-state index contributed by atoms with van der Waals surface area (Å²) in [6.45, 7) is 7.77. The highest BCUT2D eigenvalue weighted by atomic mass is 16.5. The Morgan fingerprint density at radius 1 is 0.787 bits per heavy atom. The summed E-state index contributed by atoms with van der Waals surface area (Å²) in [5.74, 6) is -1.40. The molecule has 1 aliphatic carbocycles. The van der Waals surface area contributed by atoms with Crippen LogP contribution in [0.25, 0.3) is 33.4 Å². The first-order chi connectivity index (χ1) is 22.6. The van der Waals surface area contributed by atoms with Crippen molar-refractivity contribution in [1.82, 2.24) is 9.97 Å². The minimum atomic E-state index is -1.35. The number of fused-ring (bicyclic) bond motifs is 1. The Labute approximate surface area is 277 Å². The van der Waals surface area contributed by atoms with E-state index in [2.05, 4.69) is 51.1 Å². The van der Waals surface area contributed by atoms with Gasteiger partial charge < -0.3 is 19.7 Å². The molecule has 1 aromatic heterocycles. The molecule has 0 aliphatic heterocycles. The molecule has 4 aromatic rings. The van der Waals surface area contributed by atoms with Crippen LogP contribution in [0.2, 0.25) is 0 Å². The standard InChI is InChI=1S/C39H46N2O6/c1-39(2,3)31-18-15-27(16-19-31)34-24-35(47-25-26-10-6-4-7-11-26)41-36(40-34)30-14-13-29-23-32(20-17-28(29)22-30)46-21-9-5-8-12-33(37(42)43)38(44)45/h13-20,22-24,26,33H,4-12,21,25H2,1-3H3,(H,42,43)(H,44,45). The number of hydrogen-bond acceptors (Lipinski definition) is 6. The van der Waals surface area contributed by atoms with Gasteiger partial charge in [-0.1, -0.05) is 95.3 Å². The molecule has 248 valence electrons. The van der Waals surface area contributed by atoms with Gasteiger partial charge in [-0.25, -0.2) is 4.98 Å². The van der Waals surface area contributed by atoms with Crippen LogP contribution < -0.4 is 9.47 Å². The van der Waals surface area contributed by atoms with E-state index in [0.717, 1.165) is 33.3 Å². The molecule has 1 heterocycles. The maximum Gasteiger partial charge on any atom is 0.317 e. The van der Waals surface area contributed by atoms with Gasteiger partial charge in [0, 0.05) is 17.2 Å². The van der Waals surface area contributed by atoms with Crippen molar-refractivity contribution in [2.75, 3.05) is 13.2 Å². The third kappa shape index (κ3) is 9.31. The maximum absolute atomic E-state index is 11.0. The first-order valence-electron chi connectivity index (χ1n) is 16.8. The van der Waals surface area contributed by atoms with Crippen LogP contribution in [-0.2, 0) is 15.0 Å². The third-order valence-electron chi connectivity index (χ3n) is 9.01. The molecule has 3 aromatic carbocycles. The highest BCUT2D eigenvalue weighted by Crippen LogP contribution is 2.32. The molecule has 0 amide bonds. The number of aromatic nitrogens is 2. The number of nitrogens with zero attached hydrogens (tertiary/aromatic N) is 2. The molecule has 8 heteroatoms. The fourth-order valence-electron chi connectivity index (χ4n) is 6.10. The van der Waals surface area contributed by atoms with E-state index in [1.807, 2.05) is 36.4 Å². The van der Waals surface area contributed by atoms with Crippen molar-refractivity contribution in [2.24, 2.45) is 11.8 Å². The second-order valence-corrected chi connectivity index (χ2v) is 13.7. The second-order valence-electron chi connectivity index (χ2n) is 13.7. The molecule has 1 aliphatic rings. The van der Waals surface area contributed by atoms with Gasteiger partial charge >= 0.3 is 11.9 Å². The molecule has 0 unspecified atom stereocenters. The lowest BCUT2D eigenvalue weighted by atomic mass is 9.86. The molecular weight excluding hydrogens is 592 g/mol. The monoisotopic (exact) mass is 638 g/mol. The summed E-state index contributed by atoms with van der Waals surface area (Å²) >= 11 is 0. The van der Waals surface area contributed by atoms with Crippen LogP contribution in [0.3, 0.4) is 0 Å². The summed E-state index contributed by atoms with van der Waals surface area (Å²) in [6, 6.07) is 22.7. The van der Waals surface area contributed by atoms with Gasteiger partial charge in [0.25, 0.3) is 0 Å². The molecule has 0 bridgehead atoms. The van der Waals surface area contributed by atoms with Crippen LogP contribution in [0.5, 0.6) is 11.6 Å². The number of carboxylic acids is 2. The highest BCUT2D eigenvalue weighted by Gasteiger charge is 2.24. The molecule has 0 radical (unpaired) electrons. The number of ether oxygens (including phenoxy) is 2. The molecule has 2 N–H and O–H groups in total. The topological polar surface area (TPSA) is 119 Å². The number of unbranched alkanes of at least 4 members (excludes halogenated alkanes) is 2. The van der Waals surface area contributed by atoms with Gasteiger partial charge in [-0.15, -0.1) is 0 Å². The van der Waals surface area contributed by atoms with Crippen molar-refractivity contribution in [2.45, 2.75) is 84.0 Å². The fourth-order valence-corrected chi connectivity index (χ4v) is 6.10. The van der Waals surface area contributed by atoms with E-state index in [1.54, 1.807) is 0 Å². The molecule has 1 fully saturated rings. The quantitative estimate of drug-likeness (QED) is 0.104. The Hall–Kier alpha value is -4.46. The Kier molecular flexibility index (Phi) is 11.1. The lowest BCUT2D eigenvalue weighted by Crippen LogP contribution is -2.23. The van der Waals surface area contributed by atoms with Crippen molar-refractivity contribution >= 4 is 22.7 Å². The second kappa shape index (κ2) is 15.4. The molecule has 5 rings (SSSR count). The predicted octanol–water partition coefficient (Wildman–Crippen LogP) is 8.95. The van der Waals surface area contributed by atoms with Crippen LogP contribution in [0.4, 0.5) is 0 Å². The maximum atomic E-state index is 11.0. The van der Waals surface area contributed by atoms with Crippen molar-refractivity contribution < 1.29 is 29.3 Å². The Bertz CT molecular complexity index is 1660. The number of hydrogen-bond donors (Lipinski definition) is 2. The van der Waals surface area contributed by atoms with Gasteiger partial charge in [0.1, 0.15) is 5.75 Å².